The van der Waals surface area contributed by atoms with Crippen LogP contribution in [0.2, 0.25) is 0 Å². The molecule has 0 spiro atoms. The smallest absolute Gasteiger partial charge is 0.234 e. The molecule has 1 saturated heterocycles. The molecular weight excluding hydrogens is 208 g/mol. The largest absolute Gasteiger partial charge is 0.366 e. The first-order valence-electron chi connectivity index (χ1n) is 5.38. The maximum atomic E-state index is 11.3. The molecule has 1 amide bonds. The first-order valence-corrected chi connectivity index (χ1v) is 5.38. The van der Waals surface area contributed by atoms with Crippen LogP contribution in [0.15, 0.2) is 24.3 Å². The van der Waals surface area contributed by atoms with Crippen molar-refractivity contribution in [2.24, 2.45) is 11.7 Å². The molecule has 0 bridgehead atoms. The third-order valence-corrected chi connectivity index (χ3v) is 2.84. The maximum absolute atomic E-state index is 11.3. The summed E-state index contributed by atoms with van der Waals surface area (Å²) in [6, 6.07) is -0.202. The second kappa shape index (κ2) is 4.78. The Balaban J connectivity index is 1.99. The first-order chi connectivity index (χ1) is 7.72. The molecule has 0 aromatic heterocycles. The summed E-state index contributed by atoms with van der Waals surface area (Å²) in [5, 5.41) is 12.1. The van der Waals surface area contributed by atoms with Gasteiger partial charge in [0.1, 0.15) is 6.10 Å². The van der Waals surface area contributed by atoms with E-state index in [0.717, 1.165) is 6.42 Å². The minimum Gasteiger partial charge on any atom is -0.366 e. The number of aliphatic hydroxyl groups excluding tert-OH is 1. The SMILES string of the molecule is NCC(=O)NC(C1C=CC=CC1)C1OC1O. The van der Waals surface area contributed by atoms with Crippen molar-refractivity contribution in [1.29, 1.82) is 0 Å². The summed E-state index contributed by atoms with van der Waals surface area (Å²) in [5.41, 5.74) is 5.26. The number of carbonyl (C=O) groups excluding carboxylic acids is 1. The normalized spacial score (nSPS) is 33.5. The summed E-state index contributed by atoms with van der Waals surface area (Å²) in [6.45, 7) is -0.0500. The number of allylic oxidation sites excluding steroid dienone is 3. The van der Waals surface area contributed by atoms with Gasteiger partial charge in [0.2, 0.25) is 5.91 Å². The van der Waals surface area contributed by atoms with Crippen molar-refractivity contribution >= 4 is 5.91 Å². The lowest BCUT2D eigenvalue weighted by Gasteiger charge is -2.24. The molecule has 1 aliphatic carbocycles. The Morgan fingerprint density at radius 1 is 1.62 bits per heavy atom. The molecule has 1 aliphatic heterocycles. The number of carbonyl (C=O) groups is 1. The second-order valence-electron chi connectivity index (χ2n) is 4.00. The van der Waals surface area contributed by atoms with E-state index >= 15 is 0 Å². The van der Waals surface area contributed by atoms with Gasteiger partial charge in [-0.2, -0.15) is 0 Å². The zero-order chi connectivity index (χ0) is 11.5. The molecule has 0 aromatic rings. The number of amides is 1. The first kappa shape index (κ1) is 11.3. The lowest BCUT2D eigenvalue weighted by Crippen LogP contribution is -2.46. The predicted octanol–water partition coefficient (Wildman–Crippen LogP) is -0.721. The zero-order valence-electron chi connectivity index (χ0n) is 8.87. The van der Waals surface area contributed by atoms with Crippen molar-refractivity contribution in [1.82, 2.24) is 5.32 Å². The zero-order valence-corrected chi connectivity index (χ0v) is 8.87. The molecule has 16 heavy (non-hydrogen) atoms. The molecule has 0 aromatic carbocycles. The summed E-state index contributed by atoms with van der Waals surface area (Å²) in [6.07, 6.45) is 7.70. The Morgan fingerprint density at radius 3 is 2.88 bits per heavy atom. The van der Waals surface area contributed by atoms with Crippen molar-refractivity contribution in [3.8, 4) is 0 Å². The van der Waals surface area contributed by atoms with E-state index in [4.69, 9.17) is 10.5 Å². The highest BCUT2D eigenvalue weighted by molar-refractivity contribution is 5.78. The van der Waals surface area contributed by atoms with E-state index in [2.05, 4.69) is 5.32 Å². The molecule has 2 rings (SSSR count). The monoisotopic (exact) mass is 224 g/mol. The highest BCUT2D eigenvalue weighted by atomic mass is 16.7. The van der Waals surface area contributed by atoms with Crippen LogP contribution in [-0.2, 0) is 9.53 Å². The molecule has 5 heteroatoms. The number of nitrogens with one attached hydrogen (secondary N) is 1. The summed E-state index contributed by atoms with van der Waals surface area (Å²) >= 11 is 0. The highest BCUT2D eigenvalue weighted by Crippen LogP contribution is 2.30. The van der Waals surface area contributed by atoms with E-state index in [1.165, 1.54) is 0 Å². The summed E-state index contributed by atoms with van der Waals surface area (Å²) < 4.78 is 5.02. The summed E-state index contributed by atoms with van der Waals surface area (Å²) in [7, 11) is 0. The Kier molecular flexibility index (Phi) is 3.38. The molecule has 0 saturated carbocycles. The Bertz CT molecular complexity index is 327. The van der Waals surface area contributed by atoms with Crippen molar-refractivity contribution in [3.63, 3.8) is 0 Å². The van der Waals surface area contributed by atoms with Gasteiger partial charge in [-0.05, 0) is 6.42 Å². The average molecular weight is 224 g/mol. The van der Waals surface area contributed by atoms with E-state index < -0.39 is 6.29 Å². The van der Waals surface area contributed by atoms with Gasteiger partial charge in [0.25, 0.3) is 0 Å². The van der Waals surface area contributed by atoms with Gasteiger partial charge < -0.3 is 20.9 Å². The molecular formula is C11H16N2O3. The second-order valence-corrected chi connectivity index (χ2v) is 4.00. The van der Waals surface area contributed by atoms with Gasteiger partial charge in [0.05, 0.1) is 12.6 Å². The van der Waals surface area contributed by atoms with Crippen molar-refractivity contribution in [3.05, 3.63) is 24.3 Å². The molecule has 2 aliphatic rings. The fourth-order valence-corrected chi connectivity index (χ4v) is 1.92. The van der Waals surface area contributed by atoms with Crippen LogP contribution in [0.25, 0.3) is 0 Å². The minimum atomic E-state index is -0.762. The van der Waals surface area contributed by atoms with Crippen LogP contribution >= 0.6 is 0 Å². The minimum absolute atomic E-state index is 0.0500. The third-order valence-electron chi connectivity index (χ3n) is 2.84. The fourth-order valence-electron chi connectivity index (χ4n) is 1.92. The quantitative estimate of drug-likeness (QED) is 0.550. The van der Waals surface area contributed by atoms with E-state index in [9.17, 15) is 9.90 Å². The van der Waals surface area contributed by atoms with Crippen LogP contribution in [0.1, 0.15) is 6.42 Å². The number of rotatable bonds is 4. The lowest BCUT2D eigenvalue weighted by molar-refractivity contribution is -0.120. The van der Waals surface area contributed by atoms with Crippen LogP contribution in [0.3, 0.4) is 0 Å². The van der Waals surface area contributed by atoms with Gasteiger partial charge in [-0.3, -0.25) is 4.79 Å². The average Bonchev–Trinajstić information content (AvgIpc) is 3.04. The molecule has 4 atom stereocenters. The molecule has 1 heterocycles. The molecule has 88 valence electrons. The number of hydrogen-bond donors (Lipinski definition) is 3. The van der Waals surface area contributed by atoms with Crippen LogP contribution in [-0.4, -0.2) is 36.0 Å². The van der Waals surface area contributed by atoms with E-state index in [-0.39, 0.29) is 30.5 Å². The van der Waals surface area contributed by atoms with Gasteiger partial charge in [-0.1, -0.05) is 24.3 Å². The van der Waals surface area contributed by atoms with E-state index in [1.807, 2.05) is 24.3 Å². The van der Waals surface area contributed by atoms with Gasteiger partial charge in [-0.15, -0.1) is 0 Å². The number of aliphatic hydroxyl groups is 1. The van der Waals surface area contributed by atoms with Crippen LogP contribution in [0.5, 0.6) is 0 Å². The lowest BCUT2D eigenvalue weighted by atomic mass is 9.90. The Morgan fingerprint density at radius 2 is 2.38 bits per heavy atom. The summed E-state index contributed by atoms with van der Waals surface area (Å²) in [4.78, 5) is 11.3. The predicted molar refractivity (Wildman–Crippen MR) is 58.3 cm³/mol. The number of nitrogens with two attached hydrogens (primary N) is 1. The van der Waals surface area contributed by atoms with E-state index in [0.29, 0.717) is 0 Å². The van der Waals surface area contributed by atoms with Crippen LogP contribution < -0.4 is 11.1 Å². The van der Waals surface area contributed by atoms with Gasteiger partial charge in [-0.25, -0.2) is 0 Å². The number of hydrogen-bond acceptors (Lipinski definition) is 4. The standard InChI is InChI=1S/C11H16N2O3/c12-6-8(14)13-9(10-11(15)16-10)7-4-2-1-3-5-7/h1-4,7,9-11,15H,5-6,12H2,(H,13,14). The van der Waals surface area contributed by atoms with E-state index in [1.54, 1.807) is 0 Å². The molecule has 4 N–H and O–H groups in total. The third kappa shape index (κ3) is 2.49. The topological polar surface area (TPSA) is 87.9 Å². The van der Waals surface area contributed by atoms with Crippen LogP contribution in [0, 0.1) is 5.92 Å². The Hall–Kier alpha value is -1.17. The number of epoxide rings is 1. The summed E-state index contributed by atoms with van der Waals surface area (Å²) in [5.74, 6) is -0.0710. The number of ether oxygens (including phenoxy) is 1. The molecule has 4 unspecified atom stereocenters. The van der Waals surface area contributed by atoms with Gasteiger partial charge in [0, 0.05) is 5.92 Å². The van der Waals surface area contributed by atoms with Crippen molar-refractivity contribution in [2.45, 2.75) is 24.9 Å². The van der Waals surface area contributed by atoms with Crippen molar-refractivity contribution < 1.29 is 14.6 Å². The molecule has 0 radical (unpaired) electrons. The fraction of sp³-hybridized carbons (Fsp3) is 0.545. The maximum Gasteiger partial charge on any atom is 0.234 e. The Labute approximate surface area is 94.0 Å². The molecule has 1 fully saturated rings. The van der Waals surface area contributed by atoms with Gasteiger partial charge in [0.15, 0.2) is 6.29 Å². The van der Waals surface area contributed by atoms with Crippen molar-refractivity contribution in [2.75, 3.05) is 6.54 Å². The highest BCUT2D eigenvalue weighted by Gasteiger charge is 2.46. The van der Waals surface area contributed by atoms with Crippen LogP contribution in [0.4, 0.5) is 0 Å². The molecule has 5 nitrogen and oxygen atoms in total. The van der Waals surface area contributed by atoms with Gasteiger partial charge >= 0.3 is 0 Å².